The summed E-state index contributed by atoms with van der Waals surface area (Å²) >= 11 is 0. The Kier molecular flexibility index (Phi) is 6.60. The molecule has 0 unspecified atom stereocenters. The van der Waals surface area contributed by atoms with Crippen molar-refractivity contribution in [3.05, 3.63) is 164 Å². The quantitative estimate of drug-likeness (QED) is 0.168. The molecule has 2 nitrogen and oxygen atoms in total. The van der Waals surface area contributed by atoms with E-state index >= 15 is 0 Å². The summed E-state index contributed by atoms with van der Waals surface area (Å²) in [5.41, 5.74) is 13.6. The smallest absolute Gasteiger partial charge is 0.136 e. The highest BCUT2D eigenvalue weighted by molar-refractivity contribution is 7.05. The van der Waals surface area contributed by atoms with Crippen LogP contribution < -0.4 is 25.6 Å². The normalized spacial score (nSPS) is 14.6. The lowest BCUT2D eigenvalue weighted by Crippen LogP contribution is -2.51. The Morgan fingerprint density at radius 1 is 0.444 bits per heavy atom. The molecule has 3 heterocycles. The first-order valence-corrected chi connectivity index (χ1v) is 25.0. The fraction of sp³-hybridized carbons (Fsp3) is 0.0800. The number of rotatable bonds is 4. The average molecular weight is 726 g/mol. The molecular weight excluding hydrogens is 687 g/mol. The summed E-state index contributed by atoms with van der Waals surface area (Å²) in [6, 6.07) is 61.1. The maximum Gasteiger partial charge on any atom is 0.136 e. The lowest BCUT2D eigenvalue weighted by atomic mass is 9.98. The number of benzene rings is 8. The average Bonchev–Trinajstić information content (AvgIpc) is 3.78. The number of anilines is 3. The molecule has 0 N–H and O–H groups in total. The molecule has 0 aliphatic carbocycles. The number of para-hydroxylation sites is 1. The molecule has 0 amide bonds. The van der Waals surface area contributed by atoms with Crippen LogP contribution >= 0.6 is 0 Å². The van der Waals surface area contributed by atoms with Gasteiger partial charge in [-0.15, -0.1) is 0 Å². The fourth-order valence-electron chi connectivity index (χ4n) is 9.77. The van der Waals surface area contributed by atoms with E-state index in [1.165, 1.54) is 92.7 Å². The van der Waals surface area contributed by atoms with Gasteiger partial charge in [0.25, 0.3) is 0 Å². The summed E-state index contributed by atoms with van der Waals surface area (Å²) in [5.74, 6) is 0. The van der Waals surface area contributed by atoms with Crippen LogP contribution in [0.25, 0.3) is 66.1 Å². The molecule has 258 valence electrons. The molecule has 0 radical (unpaired) electrons. The van der Waals surface area contributed by atoms with Gasteiger partial charge in [0.15, 0.2) is 0 Å². The van der Waals surface area contributed by atoms with Crippen LogP contribution in [-0.2, 0) is 0 Å². The van der Waals surface area contributed by atoms with E-state index < -0.39 is 16.1 Å². The van der Waals surface area contributed by atoms with Gasteiger partial charge in [-0.05, 0) is 113 Å². The predicted molar refractivity (Wildman–Crippen MR) is 236 cm³/mol. The van der Waals surface area contributed by atoms with E-state index in [0.29, 0.717) is 0 Å². The third kappa shape index (κ3) is 4.38. The van der Waals surface area contributed by atoms with Crippen molar-refractivity contribution in [1.82, 2.24) is 0 Å². The molecule has 54 heavy (non-hydrogen) atoms. The van der Waals surface area contributed by atoms with Gasteiger partial charge in [-0.1, -0.05) is 141 Å². The summed E-state index contributed by atoms with van der Waals surface area (Å²) in [4.78, 5) is 2.56. The van der Waals surface area contributed by atoms with Crippen LogP contribution in [0.5, 0.6) is 0 Å². The number of furan rings is 1. The predicted octanol–water partition coefficient (Wildman–Crippen LogP) is 11.5. The molecule has 0 bridgehead atoms. The van der Waals surface area contributed by atoms with Crippen LogP contribution in [0.3, 0.4) is 0 Å². The summed E-state index contributed by atoms with van der Waals surface area (Å²) < 4.78 is 6.40. The summed E-state index contributed by atoms with van der Waals surface area (Å²) in [7, 11) is -4.11. The first-order valence-electron chi connectivity index (χ1n) is 19.0. The van der Waals surface area contributed by atoms with Crippen LogP contribution in [0, 0.1) is 0 Å². The lowest BCUT2D eigenvalue weighted by Gasteiger charge is -2.32. The van der Waals surface area contributed by atoms with E-state index in [-0.39, 0.29) is 0 Å². The van der Waals surface area contributed by atoms with Gasteiger partial charge in [0.2, 0.25) is 0 Å². The van der Waals surface area contributed by atoms with Crippen molar-refractivity contribution in [1.29, 1.82) is 0 Å². The van der Waals surface area contributed by atoms with E-state index in [0.717, 1.165) is 11.2 Å². The molecule has 8 aromatic carbocycles. The zero-order chi connectivity index (χ0) is 36.3. The van der Waals surface area contributed by atoms with Gasteiger partial charge in [-0.2, -0.15) is 0 Å². The van der Waals surface area contributed by atoms with E-state index in [1.54, 1.807) is 0 Å². The van der Waals surface area contributed by atoms with E-state index in [1.807, 2.05) is 0 Å². The Hall–Kier alpha value is -5.95. The van der Waals surface area contributed by atoms with Gasteiger partial charge in [-0.3, -0.25) is 0 Å². The first kappa shape index (κ1) is 31.6. The number of fused-ring (bicyclic) bond motifs is 11. The topological polar surface area (TPSA) is 16.4 Å². The van der Waals surface area contributed by atoms with Crippen molar-refractivity contribution in [3.8, 4) is 33.4 Å². The van der Waals surface area contributed by atoms with Crippen LogP contribution in [-0.4, -0.2) is 16.1 Å². The van der Waals surface area contributed by atoms with E-state index in [4.69, 9.17) is 4.42 Å². The van der Waals surface area contributed by atoms with Crippen molar-refractivity contribution in [2.24, 2.45) is 0 Å². The fourth-order valence-corrected chi connectivity index (χ4v) is 16.2. The van der Waals surface area contributed by atoms with Gasteiger partial charge in [0, 0.05) is 27.8 Å². The third-order valence-electron chi connectivity index (χ3n) is 12.4. The maximum atomic E-state index is 6.40. The monoisotopic (exact) mass is 725 g/mol. The van der Waals surface area contributed by atoms with E-state index in [2.05, 4.69) is 195 Å². The second-order valence-corrected chi connectivity index (χ2v) is 24.7. The Morgan fingerprint density at radius 3 is 2.04 bits per heavy atom. The molecular formula is C50H39NOSi2. The van der Waals surface area contributed by atoms with Crippen molar-refractivity contribution in [2.75, 3.05) is 4.90 Å². The Balaban J connectivity index is 1.11. The van der Waals surface area contributed by atoms with Crippen LogP contribution in [0.2, 0.25) is 26.2 Å². The molecule has 0 saturated carbocycles. The largest absolute Gasteiger partial charge is 0.456 e. The SMILES string of the molecule is C[Si]1(C)c2cc(N(c3ccc(-c4ccc5ccccc5c4)cc3)c3cccc4c3[Si](C)(C)c3ccccc3-4)ccc2-c2c1ccc1oc3ccccc3c21. The van der Waals surface area contributed by atoms with Gasteiger partial charge >= 0.3 is 0 Å². The highest BCUT2D eigenvalue weighted by atomic mass is 28.3. The first-order chi connectivity index (χ1) is 26.3. The highest BCUT2D eigenvalue weighted by Gasteiger charge is 2.42. The molecule has 2 aliphatic rings. The molecule has 11 rings (SSSR count). The highest BCUT2D eigenvalue weighted by Crippen LogP contribution is 2.44. The molecule has 0 fully saturated rings. The third-order valence-corrected chi connectivity index (χ3v) is 19.5. The molecule has 0 spiro atoms. The molecule has 1 aromatic heterocycles. The number of hydrogen-bond donors (Lipinski definition) is 0. The van der Waals surface area contributed by atoms with Gasteiger partial charge in [-0.25, -0.2) is 0 Å². The molecule has 9 aromatic rings. The Bertz CT molecular complexity index is 3010. The summed E-state index contributed by atoms with van der Waals surface area (Å²) in [6.07, 6.45) is 0. The van der Waals surface area contributed by atoms with Gasteiger partial charge in [0.05, 0.1) is 0 Å². The van der Waals surface area contributed by atoms with Crippen LogP contribution in [0.1, 0.15) is 0 Å². The van der Waals surface area contributed by atoms with Crippen LogP contribution in [0.4, 0.5) is 17.1 Å². The minimum Gasteiger partial charge on any atom is -0.456 e. The zero-order valence-electron chi connectivity index (χ0n) is 30.9. The minimum atomic E-state index is -2.07. The van der Waals surface area contributed by atoms with Crippen molar-refractivity contribution < 1.29 is 4.42 Å². The number of nitrogens with zero attached hydrogens (tertiary/aromatic N) is 1. The minimum absolute atomic E-state index is 0.953. The summed E-state index contributed by atoms with van der Waals surface area (Å²) in [6.45, 7) is 10.1. The molecule has 4 heteroatoms. The Labute approximate surface area is 318 Å². The molecule has 0 atom stereocenters. The molecule has 0 saturated heterocycles. The van der Waals surface area contributed by atoms with E-state index in [9.17, 15) is 0 Å². The number of hydrogen-bond acceptors (Lipinski definition) is 2. The van der Waals surface area contributed by atoms with Gasteiger partial charge in [0.1, 0.15) is 27.3 Å². The molecule has 2 aliphatic heterocycles. The van der Waals surface area contributed by atoms with Crippen LogP contribution in [0.15, 0.2) is 168 Å². The second-order valence-electron chi connectivity index (χ2n) is 16.1. The zero-order valence-corrected chi connectivity index (χ0v) is 32.9. The lowest BCUT2D eigenvalue weighted by molar-refractivity contribution is 0.669. The van der Waals surface area contributed by atoms with Crippen molar-refractivity contribution in [3.63, 3.8) is 0 Å². The second kappa shape index (κ2) is 11.3. The Morgan fingerprint density at radius 2 is 1.17 bits per heavy atom. The van der Waals surface area contributed by atoms with Crippen molar-refractivity contribution in [2.45, 2.75) is 26.2 Å². The van der Waals surface area contributed by atoms with Crippen molar-refractivity contribution >= 4 is 86.7 Å². The maximum absolute atomic E-state index is 6.40. The van der Waals surface area contributed by atoms with Gasteiger partial charge < -0.3 is 9.32 Å². The standard InChI is InChI=1S/C50H39NOSi2/c1-53(2)46-29-28-44-48(40-15-7-9-18-43(40)52-44)49(46)41-27-26-37(31-47(41)53)51(42-17-11-16-39-38-14-8-10-19-45(38)54(3,4)50(39)42)36-24-22-33(23-25-36)35-21-20-32-12-5-6-13-34(32)30-35/h5-31H,1-4H3. The summed E-state index contributed by atoms with van der Waals surface area (Å²) in [5, 5.41) is 11.0.